The van der Waals surface area contributed by atoms with Gasteiger partial charge in [0.2, 0.25) is 0 Å². The quantitative estimate of drug-likeness (QED) is 0.466. The Morgan fingerprint density at radius 1 is 1.53 bits per heavy atom. The van der Waals surface area contributed by atoms with E-state index < -0.39 is 0 Å². The summed E-state index contributed by atoms with van der Waals surface area (Å²) in [7, 11) is 0. The average molecular weight is 236 g/mol. The fourth-order valence-corrected chi connectivity index (χ4v) is 1.56. The fraction of sp³-hybridized carbons (Fsp3) is 0.462. The van der Waals surface area contributed by atoms with Crippen molar-refractivity contribution in [3.05, 3.63) is 29.3 Å². The van der Waals surface area contributed by atoms with E-state index in [2.05, 4.69) is 19.9 Å². The lowest BCUT2D eigenvalue weighted by Gasteiger charge is -2.13. The largest absolute Gasteiger partial charge is 0.483 e. The lowest BCUT2D eigenvalue weighted by molar-refractivity contribution is -0.123. The smallest absolute Gasteiger partial charge is 0.271 e. The van der Waals surface area contributed by atoms with Crippen LogP contribution in [-0.2, 0) is 4.79 Å². The summed E-state index contributed by atoms with van der Waals surface area (Å²) >= 11 is 0. The summed E-state index contributed by atoms with van der Waals surface area (Å²) < 4.78 is 5.37. The van der Waals surface area contributed by atoms with Crippen molar-refractivity contribution in [2.24, 2.45) is 5.84 Å². The predicted molar refractivity (Wildman–Crippen MR) is 67.7 cm³/mol. The molecular formula is C13H20N2O2. The van der Waals surface area contributed by atoms with Gasteiger partial charge in [0, 0.05) is 0 Å². The van der Waals surface area contributed by atoms with Crippen molar-refractivity contribution in [2.75, 3.05) is 6.61 Å². The number of benzene rings is 1. The highest BCUT2D eigenvalue weighted by Crippen LogP contribution is 2.25. The Morgan fingerprint density at radius 2 is 2.24 bits per heavy atom. The SMILES string of the molecule is CCC(C)c1ccc(OCC(=O)NN)c(C)c1. The molecule has 1 aromatic rings. The molecule has 0 heterocycles. The Balaban J connectivity index is 2.72. The molecule has 0 aliphatic rings. The number of nitrogens with one attached hydrogen (secondary N) is 1. The minimum atomic E-state index is -0.338. The maximum absolute atomic E-state index is 11.0. The van der Waals surface area contributed by atoms with Gasteiger partial charge in [0.1, 0.15) is 5.75 Å². The van der Waals surface area contributed by atoms with Crippen LogP contribution >= 0.6 is 0 Å². The van der Waals surface area contributed by atoms with Gasteiger partial charge in [0.25, 0.3) is 5.91 Å². The van der Waals surface area contributed by atoms with Gasteiger partial charge in [-0.05, 0) is 36.5 Å². The van der Waals surface area contributed by atoms with E-state index in [1.165, 1.54) is 5.56 Å². The van der Waals surface area contributed by atoms with Crippen LogP contribution in [0.3, 0.4) is 0 Å². The molecule has 3 N–H and O–H groups in total. The Labute approximate surface area is 102 Å². The zero-order valence-corrected chi connectivity index (χ0v) is 10.6. The van der Waals surface area contributed by atoms with Gasteiger partial charge in [0.05, 0.1) is 0 Å². The molecule has 0 fully saturated rings. The lowest BCUT2D eigenvalue weighted by Crippen LogP contribution is -2.34. The Kier molecular flexibility index (Phi) is 4.97. The van der Waals surface area contributed by atoms with Crippen molar-refractivity contribution in [1.29, 1.82) is 0 Å². The van der Waals surface area contributed by atoms with Crippen LogP contribution in [0.2, 0.25) is 0 Å². The van der Waals surface area contributed by atoms with E-state index in [4.69, 9.17) is 10.6 Å². The molecule has 0 aliphatic heterocycles. The second kappa shape index (κ2) is 6.25. The third-order valence-corrected chi connectivity index (χ3v) is 2.90. The van der Waals surface area contributed by atoms with E-state index >= 15 is 0 Å². The highest BCUT2D eigenvalue weighted by molar-refractivity contribution is 5.76. The minimum Gasteiger partial charge on any atom is -0.483 e. The monoisotopic (exact) mass is 236 g/mol. The number of aryl methyl sites for hydroxylation is 1. The molecule has 1 amide bonds. The topological polar surface area (TPSA) is 64.3 Å². The first-order chi connectivity index (χ1) is 8.08. The fourth-order valence-electron chi connectivity index (χ4n) is 1.56. The van der Waals surface area contributed by atoms with Crippen LogP contribution < -0.4 is 16.0 Å². The van der Waals surface area contributed by atoms with Gasteiger partial charge in [-0.15, -0.1) is 0 Å². The first kappa shape index (κ1) is 13.5. The molecule has 1 atom stereocenters. The minimum absolute atomic E-state index is 0.0555. The maximum atomic E-state index is 11.0. The summed E-state index contributed by atoms with van der Waals surface area (Å²) in [5.41, 5.74) is 4.36. The van der Waals surface area contributed by atoms with Crippen LogP contribution in [0.4, 0.5) is 0 Å². The van der Waals surface area contributed by atoms with E-state index in [0.29, 0.717) is 5.92 Å². The summed E-state index contributed by atoms with van der Waals surface area (Å²) in [6, 6.07) is 6.04. The van der Waals surface area contributed by atoms with E-state index in [9.17, 15) is 4.79 Å². The van der Waals surface area contributed by atoms with Crippen LogP contribution in [0.25, 0.3) is 0 Å². The number of ether oxygens (including phenoxy) is 1. The molecule has 1 rings (SSSR count). The number of hydrazine groups is 1. The van der Waals surface area contributed by atoms with Crippen molar-refractivity contribution in [1.82, 2.24) is 5.43 Å². The van der Waals surface area contributed by atoms with Crippen LogP contribution in [0.1, 0.15) is 37.3 Å². The van der Waals surface area contributed by atoms with E-state index in [1.807, 2.05) is 24.5 Å². The standard InChI is InChI=1S/C13H20N2O2/c1-4-9(2)11-5-6-12(10(3)7-11)17-8-13(16)15-14/h5-7,9H,4,8,14H2,1-3H3,(H,15,16). The Morgan fingerprint density at radius 3 is 2.76 bits per heavy atom. The molecule has 1 unspecified atom stereocenters. The summed E-state index contributed by atoms with van der Waals surface area (Å²) in [6.07, 6.45) is 1.11. The summed E-state index contributed by atoms with van der Waals surface area (Å²) in [5.74, 6) is 5.90. The Bertz CT molecular complexity index is 391. The predicted octanol–water partition coefficient (Wildman–Crippen LogP) is 1.88. The van der Waals surface area contributed by atoms with Crippen molar-refractivity contribution < 1.29 is 9.53 Å². The van der Waals surface area contributed by atoms with Gasteiger partial charge in [-0.25, -0.2) is 5.84 Å². The first-order valence-electron chi connectivity index (χ1n) is 5.81. The van der Waals surface area contributed by atoms with Crippen molar-refractivity contribution in [2.45, 2.75) is 33.1 Å². The molecule has 17 heavy (non-hydrogen) atoms. The van der Waals surface area contributed by atoms with Gasteiger partial charge < -0.3 is 4.74 Å². The lowest BCUT2D eigenvalue weighted by atomic mass is 9.97. The molecule has 0 saturated carbocycles. The maximum Gasteiger partial charge on any atom is 0.271 e. The number of amides is 1. The molecule has 0 spiro atoms. The first-order valence-corrected chi connectivity index (χ1v) is 5.81. The van der Waals surface area contributed by atoms with Crippen LogP contribution in [0.15, 0.2) is 18.2 Å². The molecule has 0 saturated heterocycles. The normalized spacial score (nSPS) is 12.0. The second-order valence-corrected chi connectivity index (χ2v) is 4.19. The van der Waals surface area contributed by atoms with Crippen LogP contribution in [0, 0.1) is 6.92 Å². The van der Waals surface area contributed by atoms with Crippen molar-refractivity contribution in [3.8, 4) is 5.75 Å². The number of rotatable bonds is 5. The van der Waals surface area contributed by atoms with Crippen molar-refractivity contribution in [3.63, 3.8) is 0 Å². The number of hydrogen-bond donors (Lipinski definition) is 2. The summed E-state index contributed by atoms with van der Waals surface area (Å²) in [4.78, 5) is 11.0. The average Bonchev–Trinajstić information content (AvgIpc) is 2.35. The van der Waals surface area contributed by atoms with Gasteiger partial charge in [-0.2, -0.15) is 0 Å². The highest BCUT2D eigenvalue weighted by atomic mass is 16.5. The molecule has 4 heteroatoms. The molecule has 94 valence electrons. The van der Waals surface area contributed by atoms with Crippen LogP contribution in [-0.4, -0.2) is 12.5 Å². The third kappa shape index (κ3) is 3.75. The molecule has 1 aromatic carbocycles. The number of carbonyl (C=O) groups is 1. The zero-order valence-electron chi connectivity index (χ0n) is 10.6. The molecule has 0 aromatic heterocycles. The molecular weight excluding hydrogens is 216 g/mol. The zero-order chi connectivity index (χ0) is 12.8. The molecule has 4 nitrogen and oxygen atoms in total. The van der Waals surface area contributed by atoms with Crippen molar-refractivity contribution >= 4 is 5.91 Å². The number of carbonyl (C=O) groups excluding carboxylic acids is 1. The second-order valence-electron chi connectivity index (χ2n) is 4.19. The summed E-state index contributed by atoms with van der Waals surface area (Å²) in [6.45, 7) is 6.27. The molecule has 0 bridgehead atoms. The van der Waals surface area contributed by atoms with E-state index in [-0.39, 0.29) is 12.5 Å². The molecule has 0 aliphatic carbocycles. The number of nitrogens with two attached hydrogens (primary N) is 1. The van der Waals surface area contributed by atoms with Gasteiger partial charge in [-0.3, -0.25) is 10.2 Å². The van der Waals surface area contributed by atoms with Gasteiger partial charge in [-0.1, -0.05) is 26.0 Å². The highest BCUT2D eigenvalue weighted by Gasteiger charge is 2.07. The summed E-state index contributed by atoms with van der Waals surface area (Å²) in [5, 5.41) is 0. The van der Waals surface area contributed by atoms with E-state index in [0.717, 1.165) is 17.7 Å². The van der Waals surface area contributed by atoms with Crippen LogP contribution in [0.5, 0.6) is 5.75 Å². The number of hydrogen-bond acceptors (Lipinski definition) is 3. The third-order valence-electron chi connectivity index (χ3n) is 2.90. The van der Waals surface area contributed by atoms with E-state index in [1.54, 1.807) is 0 Å². The van der Waals surface area contributed by atoms with Gasteiger partial charge >= 0.3 is 0 Å². The van der Waals surface area contributed by atoms with Gasteiger partial charge in [0.15, 0.2) is 6.61 Å². The Hall–Kier alpha value is -1.55. The molecule has 0 radical (unpaired) electrons.